The van der Waals surface area contributed by atoms with Crippen LogP contribution in [-0.2, 0) is 9.59 Å². The van der Waals surface area contributed by atoms with Crippen molar-refractivity contribution in [2.24, 2.45) is 0 Å². The number of aromatic nitrogens is 2. The highest BCUT2D eigenvalue weighted by Gasteiger charge is 2.30. The summed E-state index contributed by atoms with van der Waals surface area (Å²) in [5.74, 6) is -0.531. The van der Waals surface area contributed by atoms with Crippen LogP contribution in [0.5, 0.6) is 11.6 Å². The fraction of sp³-hybridized carbons (Fsp3) is 0.280. The number of nitrogens with zero attached hydrogens (tertiary/aromatic N) is 2. The van der Waals surface area contributed by atoms with E-state index in [1.807, 2.05) is 30.3 Å². The number of carbonyl (C=O) groups is 3. The van der Waals surface area contributed by atoms with Gasteiger partial charge in [-0.3, -0.25) is 14.4 Å². The summed E-state index contributed by atoms with van der Waals surface area (Å²) in [6.45, 7) is 2.30. The minimum absolute atomic E-state index is 0.000460. The molecule has 0 bridgehead atoms. The average Bonchev–Trinajstić information content (AvgIpc) is 3.29. The number of hydrogen-bond donors (Lipinski definition) is 1. The number of allylic oxidation sites excluding steroid dienone is 1. The Morgan fingerprint density at radius 3 is 2.33 bits per heavy atom. The van der Waals surface area contributed by atoms with E-state index in [4.69, 9.17) is 9.47 Å². The molecule has 3 aromatic rings. The summed E-state index contributed by atoms with van der Waals surface area (Å²) >= 11 is 0. The van der Waals surface area contributed by atoms with Gasteiger partial charge in [0.1, 0.15) is 11.3 Å². The number of ether oxygens (including phenoxy) is 2. The number of methoxy groups -OCH3 is 2. The van der Waals surface area contributed by atoms with Crippen molar-refractivity contribution in [3.63, 3.8) is 0 Å². The zero-order valence-corrected chi connectivity index (χ0v) is 18.8. The third-order valence-corrected chi connectivity index (χ3v) is 5.91. The van der Waals surface area contributed by atoms with Crippen LogP contribution in [0.1, 0.15) is 35.7 Å². The molecule has 33 heavy (non-hydrogen) atoms. The normalized spacial score (nSPS) is 13.7. The SMILES string of the molecule is COc1ncc(OC)c2c(C(=O)C(=O)N3CCC(=C(C(C)=O)c4ccccc4)CC3)c[nH]c12. The lowest BCUT2D eigenvalue weighted by Gasteiger charge is -2.29. The Bertz CT molecular complexity index is 1250. The van der Waals surface area contributed by atoms with Gasteiger partial charge in [0.05, 0.1) is 31.4 Å². The van der Waals surface area contributed by atoms with Gasteiger partial charge in [-0.25, -0.2) is 4.98 Å². The number of Topliss-reactive ketones (excluding diaryl/α,β-unsaturated/α-hetero) is 2. The number of nitrogens with one attached hydrogen (secondary N) is 1. The number of carbonyl (C=O) groups excluding carboxylic acids is 3. The largest absolute Gasteiger partial charge is 0.494 e. The number of aromatic amines is 1. The number of amides is 1. The number of likely N-dealkylation sites (tertiary alicyclic amines) is 1. The first kappa shape index (κ1) is 22.3. The molecule has 0 aliphatic carbocycles. The van der Waals surface area contributed by atoms with Crippen molar-refractivity contribution < 1.29 is 23.9 Å². The van der Waals surface area contributed by atoms with Gasteiger partial charge in [0, 0.05) is 24.9 Å². The summed E-state index contributed by atoms with van der Waals surface area (Å²) in [5.41, 5.74) is 3.29. The summed E-state index contributed by atoms with van der Waals surface area (Å²) in [4.78, 5) is 47.2. The predicted molar refractivity (Wildman–Crippen MR) is 123 cm³/mol. The van der Waals surface area contributed by atoms with E-state index in [2.05, 4.69) is 9.97 Å². The van der Waals surface area contributed by atoms with Gasteiger partial charge in [0.15, 0.2) is 5.78 Å². The van der Waals surface area contributed by atoms with Crippen LogP contribution < -0.4 is 9.47 Å². The first-order chi connectivity index (χ1) is 16.0. The van der Waals surface area contributed by atoms with Crippen LogP contribution in [0.3, 0.4) is 0 Å². The Balaban J connectivity index is 1.57. The zero-order valence-electron chi connectivity index (χ0n) is 18.8. The van der Waals surface area contributed by atoms with Crippen LogP contribution in [0.2, 0.25) is 0 Å². The van der Waals surface area contributed by atoms with Gasteiger partial charge in [0.25, 0.3) is 11.7 Å². The highest BCUT2D eigenvalue weighted by molar-refractivity contribution is 6.45. The predicted octanol–water partition coefficient (Wildman–Crippen LogP) is 3.43. The summed E-state index contributed by atoms with van der Waals surface area (Å²) in [5, 5.41) is 0.461. The van der Waals surface area contributed by atoms with Gasteiger partial charge in [-0.2, -0.15) is 0 Å². The van der Waals surface area contributed by atoms with Crippen LogP contribution in [-0.4, -0.2) is 59.7 Å². The van der Waals surface area contributed by atoms with Crippen molar-refractivity contribution in [1.82, 2.24) is 14.9 Å². The fourth-order valence-corrected chi connectivity index (χ4v) is 4.33. The Hall–Kier alpha value is -3.94. The Morgan fingerprint density at radius 2 is 1.73 bits per heavy atom. The van der Waals surface area contributed by atoms with Crippen LogP contribution in [0.4, 0.5) is 0 Å². The molecule has 0 radical (unpaired) electrons. The fourth-order valence-electron chi connectivity index (χ4n) is 4.33. The number of ketones is 2. The molecule has 8 heteroatoms. The third kappa shape index (κ3) is 4.11. The molecule has 8 nitrogen and oxygen atoms in total. The van der Waals surface area contributed by atoms with Crippen molar-refractivity contribution in [3.05, 3.63) is 59.4 Å². The van der Waals surface area contributed by atoms with E-state index in [0.717, 1.165) is 11.1 Å². The standard InChI is InChI=1S/C25H25N3O5/c1-15(29)20(16-7-5-4-6-8-16)17-9-11-28(12-10-17)25(31)23(30)18-13-26-22-21(18)19(32-2)14-27-24(22)33-3/h4-8,13-14,26H,9-12H2,1-3H3. The average molecular weight is 447 g/mol. The number of rotatable bonds is 6. The topological polar surface area (TPSA) is 102 Å². The number of benzene rings is 1. The molecule has 3 heterocycles. The molecule has 1 N–H and O–H groups in total. The van der Waals surface area contributed by atoms with E-state index >= 15 is 0 Å². The molecule has 1 amide bonds. The van der Waals surface area contributed by atoms with E-state index in [9.17, 15) is 14.4 Å². The highest BCUT2D eigenvalue weighted by Crippen LogP contribution is 2.34. The van der Waals surface area contributed by atoms with Gasteiger partial charge in [-0.15, -0.1) is 0 Å². The van der Waals surface area contributed by atoms with Crippen molar-refractivity contribution in [3.8, 4) is 11.6 Å². The summed E-state index contributed by atoms with van der Waals surface area (Å²) < 4.78 is 10.6. The monoisotopic (exact) mass is 447 g/mol. The van der Waals surface area contributed by atoms with Crippen LogP contribution in [0.25, 0.3) is 16.5 Å². The number of hydrogen-bond acceptors (Lipinski definition) is 6. The maximum absolute atomic E-state index is 13.1. The van der Waals surface area contributed by atoms with Crippen LogP contribution in [0, 0.1) is 0 Å². The van der Waals surface area contributed by atoms with Crippen molar-refractivity contribution in [2.45, 2.75) is 19.8 Å². The Labute approximate surface area is 191 Å². The summed E-state index contributed by atoms with van der Waals surface area (Å²) in [6.07, 6.45) is 4.02. The van der Waals surface area contributed by atoms with E-state index in [1.165, 1.54) is 31.5 Å². The van der Waals surface area contributed by atoms with E-state index in [1.54, 1.807) is 6.92 Å². The molecule has 1 fully saturated rings. The molecule has 1 aliphatic rings. The molecule has 0 unspecified atom stereocenters. The van der Waals surface area contributed by atoms with Gasteiger partial charge in [-0.1, -0.05) is 35.9 Å². The number of piperidine rings is 1. The first-order valence-electron chi connectivity index (χ1n) is 10.7. The minimum Gasteiger partial charge on any atom is -0.494 e. The molecule has 4 rings (SSSR count). The molecular weight excluding hydrogens is 422 g/mol. The lowest BCUT2D eigenvalue weighted by Crippen LogP contribution is -2.40. The smallest absolute Gasteiger partial charge is 0.295 e. The van der Waals surface area contributed by atoms with Crippen LogP contribution >= 0.6 is 0 Å². The quantitative estimate of drug-likeness (QED) is 0.353. The van der Waals surface area contributed by atoms with Gasteiger partial charge in [0.2, 0.25) is 5.88 Å². The Morgan fingerprint density at radius 1 is 1.03 bits per heavy atom. The molecule has 1 aromatic carbocycles. The van der Waals surface area contributed by atoms with Crippen molar-refractivity contribution >= 4 is 33.9 Å². The minimum atomic E-state index is -0.630. The third-order valence-electron chi connectivity index (χ3n) is 5.91. The first-order valence-corrected chi connectivity index (χ1v) is 10.7. The molecule has 2 aromatic heterocycles. The maximum atomic E-state index is 13.1. The van der Waals surface area contributed by atoms with E-state index in [-0.39, 0.29) is 11.3 Å². The second kappa shape index (κ2) is 9.28. The number of H-pyrrole nitrogens is 1. The summed E-state index contributed by atoms with van der Waals surface area (Å²) in [6, 6.07) is 9.53. The number of fused-ring (bicyclic) bond motifs is 1. The van der Waals surface area contributed by atoms with E-state index in [0.29, 0.717) is 54.0 Å². The zero-order chi connectivity index (χ0) is 23.5. The van der Waals surface area contributed by atoms with Crippen molar-refractivity contribution in [2.75, 3.05) is 27.3 Å². The van der Waals surface area contributed by atoms with Crippen LogP contribution in [0.15, 0.2) is 48.3 Å². The molecule has 0 atom stereocenters. The molecule has 0 saturated carbocycles. The molecule has 1 aliphatic heterocycles. The maximum Gasteiger partial charge on any atom is 0.295 e. The van der Waals surface area contributed by atoms with Gasteiger partial charge < -0.3 is 19.4 Å². The highest BCUT2D eigenvalue weighted by atomic mass is 16.5. The lowest BCUT2D eigenvalue weighted by molar-refractivity contribution is -0.126. The molecular formula is C25H25N3O5. The number of pyridine rings is 1. The second-order valence-corrected chi connectivity index (χ2v) is 7.81. The molecule has 170 valence electrons. The van der Waals surface area contributed by atoms with Gasteiger partial charge in [-0.05, 0) is 25.3 Å². The van der Waals surface area contributed by atoms with Crippen molar-refractivity contribution in [1.29, 1.82) is 0 Å². The molecule has 1 saturated heterocycles. The van der Waals surface area contributed by atoms with E-state index < -0.39 is 11.7 Å². The lowest BCUT2D eigenvalue weighted by atomic mass is 9.90. The van der Waals surface area contributed by atoms with Gasteiger partial charge >= 0.3 is 0 Å². The summed E-state index contributed by atoms with van der Waals surface area (Å²) in [7, 11) is 2.95. The second-order valence-electron chi connectivity index (χ2n) is 7.81. The Kier molecular flexibility index (Phi) is 6.26. The molecule has 0 spiro atoms.